The number of hydrogen-bond acceptors (Lipinski definition) is 2. The van der Waals surface area contributed by atoms with Crippen LogP contribution in [-0.4, -0.2) is 16.2 Å². The number of rotatable bonds is 3. The van der Waals surface area contributed by atoms with E-state index >= 15 is 0 Å². The van der Waals surface area contributed by atoms with E-state index in [-0.39, 0.29) is 16.7 Å². The van der Waals surface area contributed by atoms with Gasteiger partial charge in [-0.05, 0) is 35.4 Å². The fraction of sp³-hybridized carbons (Fsp3) is 0.188. The van der Waals surface area contributed by atoms with E-state index in [0.29, 0.717) is 0 Å². The van der Waals surface area contributed by atoms with Crippen molar-refractivity contribution in [3.05, 3.63) is 65.2 Å². The van der Waals surface area contributed by atoms with E-state index in [4.69, 9.17) is 5.11 Å². The molecule has 3 nitrogen and oxygen atoms in total. The molecule has 0 amide bonds. The van der Waals surface area contributed by atoms with Crippen molar-refractivity contribution in [1.29, 1.82) is 0 Å². The average Bonchev–Trinajstić information content (AvgIpc) is 2.39. The minimum atomic E-state index is -0.927. The van der Waals surface area contributed by atoms with E-state index in [0.717, 1.165) is 11.1 Å². The van der Waals surface area contributed by atoms with Crippen LogP contribution in [0.5, 0.6) is 5.75 Å². The molecule has 0 aliphatic rings. The van der Waals surface area contributed by atoms with Crippen LogP contribution in [0, 0.1) is 0 Å². The molecule has 2 aromatic rings. The summed E-state index contributed by atoms with van der Waals surface area (Å²) in [5.41, 5.74) is 1.91. The summed E-state index contributed by atoms with van der Waals surface area (Å²) in [4.78, 5) is 11.0. The molecule has 0 unspecified atom stereocenters. The minimum absolute atomic E-state index is 0.221. The van der Waals surface area contributed by atoms with Gasteiger partial charge in [-0.15, -0.1) is 0 Å². The number of aromatic hydroxyl groups is 1. The zero-order chi connectivity index (χ0) is 14.0. The molecule has 0 spiro atoms. The third kappa shape index (κ3) is 2.60. The lowest BCUT2D eigenvalue weighted by Gasteiger charge is -2.26. The highest BCUT2D eigenvalue weighted by Crippen LogP contribution is 2.32. The molecule has 2 aromatic carbocycles. The second-order valence-corrected chi connectivity index (χ2v) is 5.06. The van der Waals surface area contributed by atoms with Gasteiger partial charge in [0.15, 0.2) is 0 Å². The molecule has 98 valence electrons. The lowest BCUT2D eigenvalue weighted by atomic mass is 9.78. The Morgan fingerprint density at radius 3 is 2.21 bits per heavy atom. The first kappa shape index (κ1) is 13.1. The standard InChI is InChI=1S/C16H16O3/c1-16(2,12-6-8-14(17)9-7-12)13-5-3-4-11(10-13)15(18)19/h3-10,17H,1-2H3,(H,18,19). The highest BCUT2D eigenvalue weighted by Gasteiger charge is 2.23. The Balaban J connectivity index is 2.46. The first-order chi connectivity index (χ1) is 8.91. The van der Waals surface area contributed by atoms with Crippen LogP contribution in [0.2, 0.25) is 0 Å². The van der Waals surface area contributed by atoms with Gasteiger partial charge in [0, 0.05) is 5.41 Å². The number of phenols is 1. The van der Waals surface area contributed by atoms with Crippen LogP contribution in [0.1, 0.15) is 35.3 Å². The molecule has 0 bridgehead atoms. The van der Waals surface area contributed by atoms with Crippen LogP contribution in [0.3, 0.4) is 0 Å². The van der Waals surface area contributed by atoms with Gasteiger partial charge in [0.05, 0.1) is 5.56 Å². The second-order valence-electron chi connectivity index (χ2n) is 5.06. The molecule has 0 saturated carbocycles. The van der Waals surface area contributed by atoms with E-state index in [9.17, 15) is 9.90 Å². The number of benzene rings is 2. The molecule has 2 rings (SSSR count). The normalized spacial score (nSPS) is 11.3. The second kappa shape index (κ2) is 4.76. The summed E-state index contributed by atoms with van der Waals surface area (Å²) in [6.07, 6.45) is 0. The molecule has 0 atom stereocenters. The number of aromatic carboxylic acids is 1. The van der Waals surface area contributed by atoms with E-state index in [1.807, 2.05) is 32.0 Å². The van der Waals surface area contributed by atoms with Gasteiger partial charge in [-0.25, -0.2) is 4.79 Å². The summed E-state index contributed by atoms with van der Waals surface area (Å²) in [5.74, 6) is -0.706. The van der Waals surface area contributed by atoms with Gasteiger partial charge in [0.25, 0.3) is 0 Å². The van der Waals surface area contributed by atoms with E-state index < -0.39 is 5.97 Å². The summed E-state index contributed by atoms with van der Waals surface area (Å²) < 4.78 is 0. The first-order valence-corrected chi connectivity index (χ1v) is 6.04. The predicted octanol–water partition coefficient (Wildman–Crippen LogP) is 3.42. The summed E-state index contributed by atoms with van der Waals surface area (Å²) in [6.45, 7) is 4.06. The molecule has 0 heterocycles. The largest absolute Gasteiger partial charge is 0.508 e. The van der Waals surface area contributed by atoms with Crippen LogP contribution >= 0.6 is 0 Å². The van der Waals surface area contributed by atoms with Crippen LogP contribution in [-0.2, 0) is 5.41 Å². The molecule has 0 saturated heterocycles. The summed E-state index contributed by atoms with van der Waals surface area (Å²) in [6, 6.07) is 13.9. The number of hydrogen-bond donors (Lipinski definition) is 2. The summed E-state index contributed by atoms with van der Waals surface area (Å²) >= 11 is 0. The molecule has 2 N–H and O–H groups in total. The van der Waals surface area contributed by atoms with E-state index in [1.54, 1.807) is 30.3 Å². The average molecular weight is 256 g/mol. The van der Waals surface area contributed by atoms with Crippen molar-refractivity contribution in [3.63, 3.8) is 0 Å². The predicted molar refractivity (Wildman–Crippen MR) is 73.6 cm³/mol. The van der Waals surface area contributed by atoms with E-state index in [2.05, 4.69) is 0 Å². The topological polar surface area (TPSA) is 57.5 Å². The molecular weight excluding hydrogens is 240 g/mol. The van der Waals surface area contributed by atoms with Crippen LogP contribution in [0.15, 0.2) is 48.5 Å². The molecule has 0 aliphatic heterocycles. The van der Waals surface area contributed by atoms with Gasteiger partial charge in [0.2, 0.25) is 0 Å². The van der Waals surface area contributed by atoms with Gasteiger partial charge in [-0.3, -0.25) is 0 Å². The Bertz CT molecular complexity index is 598. The van der Waals surface area contributed by atoms with Gasteiger partial charge in [0.1, 0.15) is 5.75 Å². The Morgan fingerprint density at radius 2 is 1.63 bits per heavy atom. The van der Waals surface area contributed by atoms with Crippen molar-refractivity contribution in [1.82, 2.24) is 0 Å². The third-order valence-electron chi connectivity index (χ3n) is 3.42. The molecule has 3 heteroatoms. The Morgan fingerprint density at radius 1 is 1.00 bits per heavy atom. The fourth-order valence-corrected chi connectivity index (χ4v) is 2.09. The molecule has 19 heavy (non-hydrogen) atoms. The van der Waals surface area contributed by atoms with Gasteiger partial charge >= 0.3 is 5.97 Å². The molecule has 0 fully saturated rings. The lowest BCUT2D eigenvalue weighted by Crippen LogP contribution is -2.19. The van der Waals surface area contributed by atoms with E-state index in [1.165, 1.54) is 0 Å². The molecule has 0 aliphatic carbocycles. The maximum absolute atomic E-state index is 11.0. The van der Waals surface area contributed by atoms with Crippen molar-refractivity contribution < 1.29 is 15.0 Å². The van der Waals surface area contributed by atoms with Crippen LogP contribution < -0.4 is 0 Å². The van der Waals surface area contributed by atoms with Gasteiger partial charge in [-0.1, -0.05) is 38.1 Å². The van der Waals surface area contributed by atoms with Crippen LogP contribution in [0.25, 0.3) is 0 Å². The zero-order valence-electron chi connectivity index (χ0n) is 10.9. The molecular formula is C16H16O3. The first-order valence-electron chi connectivity index (χ1n) is 6.04. The van der Waals surface area contributed by atoms with Gasteiger partial charge in [-0.2, -0.15) is 0 Å². The van der Waals surface area contributed by atoms with Crippen molar-refractivity contribution >= 4 is 5.97 Å². The minimum Gasteiger partial charge on any atom is -0.508 e. The quantitative estimate of drug-likeness (QED) is 0.884. The monoisotopic (exact) mass is 256 g/mol. The zero-order valence-corrected chi connectivity index (χ0v) is 10.9. The highest BCUT2D eigenvalue weighted by atomic mass is 16.4. The molecule has 0 aromatic heterocycles. The Labute approximate surface area is 112 Å². The summed E-state index contributed by atoms with van der Waals surface area (Å²) in [5, 5.41) is 18.4. The number of carboxylic acid groups (broad SMARTS) is 1. The Hall–Kier alpha value is -2.29. The third-order valence-corrected chi connectivity index (χ3v) is 3.42. The van der Waals surface area contributed by atoms with Crippen molar-refractivity contribution in [2.45, 2.75) is 19.3 Å². The van der Waals surface area contributed by atoms with Crippen molar-refractivity contribution in [3.8, 4) is 5.75 Å². The number of carbonyl (C=O) groups is 1. The van der Waals surface area contributed by atoms with Crippen LogP contribution in [0.4, 0.5) is 0 Å². The smallest absolute Gasteiger partial charge is 0.335 e. The fourth-order valence-electron chi connectivity index (χ4n) is 2.09. The summed E-state index contributed by atoms with van der Waals surface area (Å²) in [7, 11) is 0. The molecule has 0 radical (unpaired) electrons. The maximum Gasteiger partial charge on any atom is 0.335 e. The van der Waals surface area contributed by atoms with Gasteiger partial charge < -0.3 is 10.2 Å². The Kier molecular flexibility index (Phi) is 3.30. The van der Waals surface area contributed by atoms with Crippen molar-refractivity contribution in [2.24, 2.45) is 0 Å². The number of carboxylic acids is 1. The number of phenolic OH excluding ortho intramolecular Hbond substituents is 1. The van der Waals surface area contributed by atoms with Crippen molar-refractivity contribution in [2.75, 3.05) is 0 Å². The SMILES string of the molecule is CC(C)(c1ccc(O)cc1)c1cccc(C(=O)O)c1. The maximum atomic E-state index is 11.0. The highest BCUT2D eigenvalue weighted by molar-refractivity contribution is 5.87. The lowest BCUT2D eigenvalue weighted by molar-refractivity contribution is 0.0696.